The van der Waals surface area contributed by atoms with Gasteiger partial charge in [-0.2, -0.15) is 5.10 Å². The molecule has 0 radical (unpaired) electrons. The monoisotopic (exact) mass is 268 g/mol. The molecule has 2 heterocycles. The van der Waals surface area contributed by atoms with Crippen LogP contribution < -0.4 is 5.73 Å². The second-order valence-electron chi connectivity index (χ2n) is 5.50. The SMILES string of the molecule is CC(N)Cc1cccc2c1ccn2Cc1cnn(C)c1. The van der Waals surface area contributed by atoms with Crippen LogP contribution in [0.25, 0.3) is 10.9 Å². The number of nitrogens with two attached hydrogens (primary N) is 1. The van der Waals surface area contributed by atoms with Gasteiger partial charge in [0.25, 0.3) is 0 Å². The zero-order valence-corrected chi connectivity index (χ0v) is 12.0. The van der Waals surface area contributed by atoms with Crippen molar-refractivity contribution in [3.05, 3.63) is 54.0 Å². The van der Waals surface area contributed by atoms with Crippen LogP contribution in [0.4, 0.5) is 0 Å². The molecule has 0 bridgehead atoms. The first-order valence-electron chi connectivity index (χ1n) is 6.93. The third kappa shape index (κ3) is 2.47. The highest BCUT2D eigenvalue weighted by Gasteiger charge is 2.08. The first kappa shape index (κ1) is 12.9. The van der Waals surface area contributed by atoms with Crippen molar-refractivity contribution in [3.8, 4) is 0 Å². The lowest BCUT2D eigenvalue weighted by molar-refractivity contribution is 0.741. The molecule has 2 aromatic heterocycles. The van der Waals surface area contributed by atoms with Crippen molar-refractivity contribution < 1.29 is 0 Å². The van der Waals surface area contributed by atoms with E-state index in [1.165, 1.54) is 22.0 Å². The topological polar surface area (TPSA) is 48.8 Å². The van der Waals surface area contributed by atoms with Crippen LogP contribution in [0.15, 0.2) is 42.9 Å². The number of aryl methyl sites for hydroxylation is 1. The van der Waals surface area contributed by atoms with Gasteiger partial charge in [-0.05, 0) is 31.0 Å². The van der Waals surface area contributed by atoms with Crippen molar-refractivity contribution in [1.29, 1.82) is 0 Å². The van der Waals surface area contributed by atoms with Crippen LogP contribution in [0, 0.1) is 0 Å². The van der Waals surface area contributed by atoms with Crippen LogP contribution in [0.1, 0.15) is 18.1 Å². The number of fused-ring (bicyclic) bond motifs is 1. The van der Waals surface area contributed by atoms with Crippen LogP contribution in [0.5, 0.6) is 0 Å². The molecule has 3 aromatic rings. The maximum atomic E-state index is 5.93. The number of hydrogen-bond donors (Lipinski definition) is 1. The van der Waals surface area contributed by atoms with E-state index in [0.29, 0.717) is 0 Å². The summed E-state index contributed by atoms with van der Waals surface area (Å²) in [5.74, 6) is 0. The van der Waals surface area contributed by atoms with E-state index in [-0.39, 0.29) is 6.04 Å². The van der Waals surface area contributed by atoms with Gasteiger partial charge < -0.3 is 10.3 Å². The molecule has 0 saturated carbocycles. The number of hydrogen-bond acceptors (Lipinski definition) is 2. The maximum absolute atomic E-state index is 5.93. The molecule has 3 rings (SSSR count). The third-order valence-corrected chi connectivity index (χ3v) is 3.56. The first-order chi connectivity index (χ1) is 9.63. The smallest absolute Gasteiger partial charge is 0.0539 e. The summed E-state index contributed by atoms with van der Waals surface area (Å²) in [5, 5.41) is 5.52. The van der Waals surface area contributed by atoms with Gasteiger partial charge in [0.15, 0.2) is 0 Å². The molecular formula is C16H20N4. The predicted octanol–water partition coefficient (Wildman–Crippen LogP) is 2.31. The van der Waals surface area contributed by atoms with Crippen LogP contribution in [0.3, 0.4) is 0 Å². The molecule has 0 spiro atoms. The molecule has 2 N–H and O–H groups in total. The first-order valence-corrected chi connectivity index (χ1v) is 6.93. The summed E-state index contributed by atoms with van der Waals surface area (Å²) in [5.41, 5.74) is 9.72. The van der Waals surface area contributed by atoms with E-state index < -0.39 is 0 Å². The Morgan fingerprint density at radius 1 is 1.30 bits per heavy atom. The Balaban J connectivity index is 1.97. The van der Waals surface area contributed by atoms with Gasteiger partial charge in [-0.3, -0.25) is 4.68 Å². The van der Waals surface area contributed by atoms with Crippen molar-refractivity contribution in [1.82, 2.24) is 14.3 Å². The van der Waals surface area contributed by atoms with Crippen molar-refractivity contribution in [2.45, 2.75) is 25.9 Å². The Hall–Kier alpha value is -2.07. The minimum absolute atomic E-state index is 0.183. The lowest BCUT2D eigenvalue weighted by Crippen LogP contribution is -2.17. The summed E-state index contributed by atoms with van der Waals surface area (Å²) >= 11 is 0. The summed E-state index contributed by atoms with van der Waals surface area (Å²) in [7, 11) is 1.94. The molecule has 0 aliphatic rings. The summed E-state index contributed by atoms with van der Waals surface area (Å²) in [4.78, 5) is 0. The minimum Gasteiger partial charge on any atom is -0.343 e. The Labute approximate surface area is 118 Å². The van der Waals surface area contributed by atoms with Gasteiger partial charge in [0, 0.05) is 41.9 Å². The number of aromatic nitrogens is 3. The van der Waals surface area contributed by atoms with Crippen LogP contribution >= 0.6 is 0 Å². The van der Waals surface area contributed by atoms with Gasteiger partial charge >= 0.3 is 0 Å². The fourth-order valence-corrected chi connectivity index (χ4v) is 2.70. The normalized spacial score (nSPS) is 12.9. The molecule has 0 saturated heterocycles. The number of benzene rings is 1. The van der Waals surface area contributed by atoms with Crippen molar-refractivity contribution in [3.63, 3.8) is 0 Å². The van der Waals surface area contributed by atoms with Crippen molar-refractivity contribution in [2.24, 2.45) is 12.8 Å². The van der Waals surface area contributed by atoms with Gasteiger partial charge in [-0.15, -0.1) is 0 Å². The second-order valence-corrected chi connectivity index (χ2v) is 5.50. The summed E-state index contributed by atoms with van der Waals surface area (Å²) in [6, 6.07) is 8.81. The highest BCUT2D eigenvalue weighted by Crippen LogP contribution is 2.22. The van der Waals surface area contributed by atoms with Crippen LogP contribution in [-0.2, 0) is 20.0 Å². The molecule has 0 fully saturated rings. The van der Waals surface area contributed by atoms with E-state index in [1.54, 1.807) is 0 Å². The largest absolute Gasteiger partial charge is 0.343 e. The molecule has 4 nitrogen and oxygen atoms in total. The molecule has 104 valence electrons. The summed E-state index contributed by atoms with van der Waals surface area (Å²) in [6.45, 7) is 2.89. The molecule has 0 amide bonds. The van der Waals surface area contributed by atoms with Crippen LogP contribution in [0.2, 0.25) is 0 Å². The van der Waals surface area contributed by atoms with Crippen molar-refractivity contribution >= 4 is 10.9 Å². The summed E-state index contributed by atoms with van der Waals surface area (Å²) in [6.07, 6.45) is 7.02. The fraction of sp³-hybridized carbons (Fsp3) is 0.312. The lowest BCUT2D eigenvalue weighted by Gasteiger charge is -2.08. The van der Waals surface area contributed by atoms with E-state index in [4.69, 9.17) is 5.73 Å². The molecule has 1 unspecified atom stereocenters. The van der Waals surface area contributed by atoms with E-state index in [1.807, 2.05) is 24.9 Å². The van der Waals surface area contributed by atoms with E-state index in [9.17, 15) is 0 Å². The molecule has 20 heavy (non-hydrogen) atoms. The Kier molecular flexibility index (Phi) is 3.32. The highest BCUT2D eigenvalue weighted by molar-refractivity contribution is 5.83. The quantitative estimate of drug-likeness (QED) is 0.789. The van der Waals surface area contributed by atoms with Gasteiger partial charge in [0.1, 0.15) is 0 Å². The Morgan fingerprint density at radius 3 is 2.85 bits per heavy atom. The molecule has 1 aromatic carbocycles. The third-order valence-electron chi connectivity index (χ3n) is 3.56. The van der Waals surface area contributed by atoms with Crippen LogP contribution in [-0.4, -0.2) is 20.4 Å². The number of nitrogens with zero attached hydrogens (tertiary/aromatic N) is 3. The van der Waals surface area contributed by atoms with Gasteiger partial charge in [0.05, 0.1) is 12.7 Å². The average Bonchev–Trinajstić information content (AvgIpc) is 2.97. The van der Waals surface area contributed by atoms with E-state index in [2.05, 4.69) is 46.3 Å². The summed E-state index contributed by atoms with van der Waals surface area (Å²) < 4.78 is 4.10. The van der Waals surface area contributed by atoms with Gasteiger partial charge in [-0.25, -0.2) is 0 Å². The molecule has 0 aliphatic heterocycles. The van der Waals surface area contributed by atoms with Crippen molar-refractivity contribution in [2.75, 3.05) is 0 Å². The molecule has 0 aliphatic carbocycles. The van der Waals surface area contributed by atoms with Gasteiger partial charge in [-0.1, -0.05) is 12.1 Å². The average molecular weight is 268 g/mol. The minimum atomic E-state index is 0.183. The van der Waals surface area contributed by atoms with Gasteiger partial charge in [0.2, 0.25) is 0 Å². The molecular weight excluding hydrogens is 248 g/mol. The lowest BCUT2D eigenvalue weighted by atomic mass is 10.0. The maximum Gasteiger partial charge on any atom is 0.0539 e. The fourth-order valence-electron chi connectivity index (χ4n) is 2.70. The number of rotatable bonds is 4. The predicted molar refractivity (Wildman–Crippen MR) is 81.6 cm³/mol. The highest BCUT2D eigenvalue weighted by atomic mass is 15.2. The second kappa shape index (κ2) is 5.13. The van der Waals surface area contributed by atoms with E-state index >= 15 is 0 Å². The molecule has 1 atom stereocenters. The molecule has 4 heteroatoms. The zero-order chi connectivity index (χ0) is 14.1. The Bertz CT molecular complexity index is 721. The standard InChI is InChI=1S/C16H20N4/c1-12(17)8-14-4-3-5-16-15(14)6-7-20(16)11-13-9-18-19(2)10-13/h3-7,9-10,12H,8,11,17H2,1-2H3. The zero-order valence-electron chi connectivity index (χ0n) is 12.0. The van der Waals surface area contributed by atoms with E-state index in [0.717, 1.165) is 13.0 Å². The Morgan fingerprint density at radius 2 is 2.15 bits per heavy atom.